The van der Waals surface area contributed by atoms with E-state index >= 15 is 0 Å². The van der Waals surface area contributed by atoms with E-state index in [4.69, 9.17) is 16.3 Å². The van der Waals surface area contributed by atoms with Crippen molar-refractivity contribution in [1.82, 2.24) is 19.7 Å². The summed E-state index contributed by atoms with van der Waals surface area (Å²) in [7, 11) is -3.45. The molecule has 0 bridgehead atoms. The second-order valence-corrected chi connectivity index (χ2v) is 10.1. The number of carbonyl (C=O) groups excluding carboxylic acids is 1. The van der Waals surface area contributed by atoms with Crippen molar-refractivity contribution in [3.8, 4) is 0 Å². The Hall–Kier alpha value is -3.16. The zero-order chi connectivity index (χ0) is 25.4. The van der Waals surface area contributed by atoms with Crippen LogP contribution in [0.4, 0.5) is 23.7 Å². The predicted octanol–water partition coefficient (Wildman–Crippen LogP) is 3.77. The van der Waals surface area contributed by atoms with E-state index in [0.717, 1.165) is 18.4 Å². The van der Waals surface area contributed by atoms with Gasteiger partial charge in [-0.05, 0) is 42.0 Å². The van der Waals surface area contributed by atoms with Gasteiger partial charge in [0.1, 0.15) is 12.1 Å². The zero-order valence-electron chi connectivity index (χ0n) is 18.1. The zero-order valence-corrected chi connectivity index (χ0v) is 19.7. The molecular formula is C21H19ClF3N5O4S. The SMILES string of the molecule is CS(=O)(=O)NCc1cn(C[C@@H]2OC(=O)N(c3ccc(Cl)cc3)[C@H]2c2cccc(C(F)(F)F)c2)nn1. The number of nitrogens with zero attached hydrogens (tertiary/aromatic N) is 4. The highest BCUT2D eigenvalue weighted by molar-refractivity contribution is 7.88. The van der Waals surface area contributed by atoms with Gasteiger partial charge in [0, 0.05) is 16.9 Å². The van der Waals surface area contributed by atoms with Crippen molar-refractivity contribution in [3.05, 3.63) is 76.6 Å². The van der Waals surface area contributed by atoms with Crippen molar-refractivity contribution < 1.29 is 31.1 Å². The van der Waals surface area contributed by atoms with Crippen LogP contribution in [0.3, 0.4) is 0 Å². The lowest BCUT2D eigenvalue weighted by molar-refractivity contribution is -0.137. The highest BCUT2D eigenvalue weighted by atomic mass is 35.5. The van der Waals surface area contributed by atoms with E-state index in [1.54, 1.807) is 24.3 Å². The number of hydrogen-bond donors (Lipinski definition) is 1. The number of cyclic esters (lactones) is 1. The first kappa shape index (κ1) is 24.9. The van der Waals surface area contributed by atoms with E-state index in [1.807, 2.05) is 0 Å². The van der Waals surface area contributed by atoms with Crippen LogP contribution in [0.25, 0.3) is 0 Å². The molecule has 4 rings (SSSR count). The van der Waals surface area contributed by atoms with E-state index in [9.17, 15) is 26.4 Å². The van der Waals surface area contributed by atoms with Crippen LogP contribution in [-0.2, 0) is 34.0 Å². The number of rotatable bonds is 7. The number of carbonyl (C=O) groups is 1. The molecule has 1 aliphatic heterocycles. The Kier molecular flexibility index (Phi) is 6.75. The lowest BCUT2D eigenvalue weighted by Crippen LogP contribution is -2.31. The fourth-order valence-electron chi connectivity index (χ4n) is 3.70. The van der Waals surface area contributed by atoms with E-state index < -0.39 is 40.0 Å². The quantitative estimate of drug-likeness (QED) is 0.499. The topological polar surface area (TPSA) is 106 Å². The summed E-state index contributed by atoms with van der Waals surface area (Å²) in [5, 5.41) is 8.23. The maximum atomic E-state index is 13.4. The largest absolute Gasteiger partial charge is 0.441 e. The number of hydrogen-bond acceptors (Lipinski definition) is 6. The fourth-order valence-corrected chi connectivity index (χ4v) is 4.23. The number of amides is 1. The van der Waals surface area contributed by atoms with Crippen LogP contribution in [0.5, 0.6) is 0 Å². The molecule has 1 saturated heterocycles. The molecule has 0 unspecified atom stereocenters. The van der Waals surface area contributed by atoms with Gasteiger partial charge in [-0.1, -0.05) is 28.9 Å². The summed E-state index contributed by atoms with van der Waals surface area (Å²) >= 11 is 5.95. The lowest BCUT2D eigenvalue weighted by atomic mass is 9.98. The van der Waals surface area contributed by atoms with Gasteiger partial charge in [-0.25, -0.2) is 22.6 Å². The minimum Gasteiger partial charge on any atom is -0.441 e. The molecule has 186 valence electrons. The molecule has 0 aliphatic carbocycles. The maximum absolute atomic E-state index is 13.4. The van der Waals surface area contributed by atoms with Crippen LogP contribution in [0, 0.1) is 0 Å². The van der Waals surface area contributed by atoms with Crippen LogP contribution >= 0.6 is 11.6 Å². The van der Waals surface area contributed by atoms with Crippen molar-refractivity contribution in [2.24, 2.45) is 0 Å². The molecular weight excluding hydrogens is 511 g/mol. The maximum Gasteiger partial charge on any atom is 0.416 e. The lowest BCUT2D eigenvalue weighted by Gasteiger charge is -2.26. The first-order valence-corrected chi connectivity index (χ1v) is 12.4. The Morgan fingerprint density at radius 2 is 1.89 bits per heavy atom. The minimum absolute atomic E-state index is 0.0391. The Bertz CT molecular complexity index is 1330. The Labute approximate surface area is 203 Å². The predicted molar refractivity (Wildman–Crippen MR) is 120 cm³/mol. The third-order valence-electron chi connectivity index (χ3n) is 5.21. The second kappa shape index (κ2) is 9.47. The van der Waals surface area contributed by atoms with Crippen molar-refractivity contribution in [2.75, 3.05) is 11.2 Å². The molecule has 0 saturated carbocycles. The van der Waals surface area contributed by atoms with E-state index in [2.05, 4.69) is 15.0 Å². The van der Waals surface area contributed by atoms with Gasteiger partial charge >= 0.3 is 12.3 Å². The molecule has 1 amide bonds. The first-order chi connectivity index (χ1) is 16.4. The van der Waals surface area contributed by atoms with Gasteiger partial charge in [0.05, 0.1) is 30.6 Å². The van der Waals surface area contributed by atoms with Gasteiger partial charge in [-0.3, -0.25) is 4.90 Å². The summed E-state index contributed by atoms with van der Waals surface area (Å²) in [6.45, 7) is -0.139. The summed E-state index contributed by atoms with van der Waals surface area (Å²) in [6.07, 6.45) is -3.80. The molecule has 1 aliphatic rings. The molecule has 1 N–H and O–H groups in total. The third-order valence-corrected chi connectivity index (χ3v) is 6.13. The third kappa shape index (κ3) is 5.92. The van der Waals surface area contributed by atoms with Crippen molar-refractivity contribution >= 4 is 33.4 Å². The summed E-state index contributed by atoms with van der Waals surface area (Å²) in [4.78, 5) is 14.1. The molecule has 0 radical (unpaired) electrons. The van der Waals surface area contributed by atoms with Crippen LogP contribution < -0.4 is 9.62 Å². The highest BCUT2D eigenvalue weighted by Gasteiger charge is 2.44. The normalized spacial score (nSPS) is 18.7. The summed E-state index contributed by atoms with van der Waals surface area (Å²) in [5.74, 6) is 0. The number of halogens is 4. The summed E-state index contributed by atoms with van der Waals surface area (Å²) < 4.78 is 72.0. The van der Waals surface area contributed by atoms with Gasteiger partial charge in [0.15, 0.2) is 0 Å². The molecule has 1 aromatic heterocycles. The molecule has 0 spiro atoms. The average Bonchev–Trinajstić information content (AvgIpc) is 3.36. The smallest absolute Gasteiger partial charge is 0.416 e. The number of ether oxygens (including phenoxy) is 1. The molecule has 2 heterocycles. The molecule has 2 atom stereocenters. The molecule has 35 heavy (non-hydrogen) atoms. The van der Waals surface area contributed by atoms with Gasteiger partial charge in [0.25, 0.3) is 0 Å². The number of alkyl halides is 3. The highest BCUT2D eigenvalue weighted by Crippen LogP contribution is 2.40. The van der Waals surface area contributed by atoms with Gasteiger partial charge < -0.3 is 4.74 Å². The Morgan fingerprint density at radius 3 is 2.54 bits per heavy atom. The second-order valence-electron chi connectivity index (χ2n) is 7.86. The van der Waals surface area contributed by atoms with Crippen LogP contribution in [0.15, 0.2) is 54.7 Å². The van der Waals surface area contributed by atoms with E-state index in [-0.39, 0.29) is 18.7 Å². The fraction of sp³-hybridized carbons (Fsp3) is 0.286. The van der Waals surface area contributed by atoms with Crippen molar-refractivity contribution in [3.63, 3.8) is 0 Å². The van der Waals surface area contributed by atoms with Crippen molar-refractivity contribution in [2.45, 2.75) is 31.4 Å². The van der Waals surface area contributed by atoms with Crippen molar-refractivity contribution in [1.29, 1.82) is 0 Å². The van der Waals surface area contributed by atoms with Crippen LogP contribution in [-0.4, -0.2) is 41.9 Å². The summed E-state index contributed by atoms with van der Waals surface area (Å²) in [5.41, 5.74) is 0.0506. The van der Waals surface area contributed by atoms with Crippen LogP contribution in [0.1, 0.15) is 22.9 Å². The monoisotopic (exact) mass is 529 g/mol. The number of anilines is 1. The van der Waals surface area contributed by atoms with Gasteiger partial charge in [-0.2, -0.15) is 13.2 Å². The standard InChI is InChI=1S/C21H19ClF3N5O4S/c1-35(32,33)26-10-16-11-29(28-27-16)12-18-19(13-3-2-4-14(9-13)21(23,24)25)30(20(31)34-18)17-7-5-15(22)6-8-17/h2-9,11,18-19,26H,10,12H2,1H3/t18-,19-/m0/s1. The average molecular weight is 530 g/mol. The minimum atomic E-state index is -4.58. The molecule has 9 nitrogen and oxygen atoms in total. The summed E-state index contributed by atoms with van der Waals surface area (Å²) in [6, 6.07) is 10.00. The first-order valence-electron chi connectivity index (χ1n) is 10.2. The Morgan fingerprint density at radius 1 is 1.17 bits per heavy atom. The molecule has 3 aromatic rings. The molecule has 14 heteroatoms. The van der Waals surface area contributed by atoms with E-state index in [1.165, 1.54) is 27.9 Å². The number of benzene rings is 2. The van der Waals surface area contributed by atoms with E-state index in [0.29, 0.717) is 16.4 Å². The Balaban J connectivity index is 1.68. The van der Waals surface area contributed by atoms with Gasteiger partial charge in [-0.15, -0.1) is 5.10 Å². The molecule has 1 fully saturated rings. The van der Waals surface area contributed by atoms with Gasteiger partial charge in [0.2, 0.25) is 10.0 Å². The number of nitrogens with one attached hydrogen (secondary N) is 1. The number of aromatic nitrogens is 3. The van der Waals surface area contributed by atoms with Crippen LogP contribution in [0.2, 0.25) is 5.02 Å². The number of sulfonamides is 1. The molecule has 2 aromatic carbocycles.